The number of carbonyl (C=O) groups is 3. The van der Waals surface area contributed by atoms with Crippen LogP contribution < -0.4 is 4.74 Å². The van der Waals surface area contributed by atoms with E-state index in [2.05, 4.69) is 0 Å². The van der Waals surface area contributed by atoms with Crippen molar-refractivity contribution in [1.82, 2.24) is 4.90 Å². The number of hydrogen-bond donors (Lipinski definition) is 0. The van der Waals surface area contributed by atoms with E-state index in [1.54, 1.807) is 24.3 Å². The molecule has 0 fully saturated rings. The summed E-state index contributed by atoms with van der Waals surface area (Å²) >= 11 is 0. The molecule has 0 saturated carbocycles. The Morgan fingerprint density at radius 2 is 2.00 bits per heavy atom. The first-order chi connectivity index (χ1) is 9.08. The maximum atomic E-state index is 12.3. The SMILES string of the molecule is CC(=O)Oc1ccccc1C(=O)N1C=CC(=O)CC1. The van der Waals surface area contributed by atoms with E-state index in [-0.39, 0.29) is 17.4 Å². The molecule has 5 heteroatoms. The number of carbonyl (C=O) groups excluding carboxylic acids is 3. The van der Waals surface area contributed by atoms with Crippen molar-refractivity contribution in [3.63, 3.8) is 0 Å². The molecule has 1 heterocycles. The number of allylic oxidation sites excluding steroid dienone is 1. The molecule has 0 N–H and O–H groups in total. The van der Waals surface area contributed by atoms with E-state index in [0.717, 1.165) is 0 Å². The molecule has 1 aromatic carbocycles. The van der Waals surface area contributed by atoms with Gasteiger partial charge in [0, 0.05) is 26.1 Å². The lowest BCUT2D eigenvalue weighted by Gasteiger charge is -2.21. The lowest BCUT2D eigenvalue weighted by atomic mass is 10.1. The summed E-state index contributed by atoms with van der Waals surface area (Å²) in [5, 5.41) is 0. The largest absolute Gasteiger partial charge is 0.426 e. The van der Waals surface area contributed by atoms with Crippen molar-refractivity contribution in [3.05, 3.63) is 42.1 Å². The number of ether oxygens (including phenoxy) is 1. The Hall–Kier alpha value is -2.43. The van der Waals surface area contributed by atoms with E-state index in [9.17, 15) is 14.4 Å². The minimum Gasteiger partial charge on any atom is -0.426 e. The highest BCUT2D eigenvalue weighted by atomic mass is 16.5. The summed E-state index contributed by atoms with van der Waals surface area (Å²) in [5.41, 5.74) is 0.302. The van der Waals surface area contributed by atoms with Crippen LogP contribution in [0.1, 0.15) is 23.7 Å². The van der Waals surface area contributed by atoms with Gasteiger partial charge in [-0.1, -0.05) is 12.1 Å². The highest BCUT2D eigenvalue weighted by Crippen LogP contribution is 2.21. The van der Waals surface area contributed by atoms with Gasteiger partial charge in [0.05, 0.1) is 5.56 Å². The Labute approximate surface area is 110 Å². The Morgan fingerprint density at radius 3 is 2.63 bits per heavy atom. The highest BCUT2D eigenvalue weighted by molar-refractivity contribution is 6.00. The molecule has 1 aliphatic rings. The molecule has 0 aromatic heterocycles. The topological polar surface area (TPSA) is 63.7 Å². The molecule has 19 heavy (non-hydrogen) atoms. The molecule has 2 rings (SSSR count). The lowest BCUT2D eigenvalue weighted by Crippen LogP contribution is -2.31. The average molecular weight is 259 g/mol. The van der Waals surface area contributed by atoms with Crippen LogP contribution in [0.2, 0.25) is 0 Å². The van der Waals surface area contributed by atoms with Crippen LogP contribution in [0.4, 0.5) is 0 Å². The number of rotatable bonds is 2. The number of nitrogens with zero attached hydrogens (tertiary/aromatic N) is 1. The Morgan fingerprint density at radius 1 is 1.26 bits per heavy atom. The number of esters is 1. The van der Waals surface area contributed by atoms with Crippen molar-refractivity contribution in [3.8, 4) is 5.75 Å². The predicted octanol–water partition coefficient (Wildman–Crippen LogP) is 1.54. The number of para-hydroxylation sites is 1. The van der Waals surface area contributed by atoms with Crippen LogP contribution in [0, 0.1) is 0 Å². The van der Waals surface area contributed by atoms with Gasteiger partial charge in [0.25, 0.3) is 5.91 Å². The van der Waals surface area contributed by atoms with Gasteiger partial charge in [-0.3, -0.25) is 14.4 Å². The standard InChI is InChI=1S/C14H13NO4/c1-10(16)19-13-5-3-2-4-12(13)14(18)15-8-6-11(17)7-9-15/h2-6,8H,7,9H2,1H3. The van der Waals surface area contributed by atoms with Gasteiger partial charge in [0.1, 0.15) is 5.75 Å². The van der Waals surface area contributed by atoms with Gasteiger partial charge in [-0.25, -0.2) is 0 Å². The second kappa shape index (κ2) is 5.48. The Balaban J connectivity index is 2.26. The minimum atomic E-state index is -0.482. The van der Waals surface area contributed by atoms with Crippen molar-refractivity contribution in [2.45, 2.75) is 13.3 Å². The third-order valence-corrected chi connectivity index (χ3v) is 2.67. The molecule has 1 aromatic rings. The Kier molecular flexibility index (Phi) is 3.75. The third-order valence-electron chi connectivity index (χ3n) is 2.67. The first-order valence-electron chi connectivity index (χ1n) is 5.87. The van der Waals surface area contributed by atoms with Crippen LogP contribution >= 0.6 is 0 Å². The summed E-state index contributed by atoms with van der Waals surface area (Å²) in [6.07, 6.45) is 3.13. The van der Waals surface area contributed by atoms with Crippen LogP contribution in [0.15, 0.2) is 36.5 Å². The lowest BCUT2D eigenvalue weighted by molar-refractivity contribution is -0.131. The van der Waals surface area contributed by atoms with E-state index in [0.29, 0.717) is 18.5 Å². The van der Waals surface area contributed by atoms with Gasteiger partial charge < -0.3 is 9.64 Å². The fourth-order valence-corrected chi connectivity index (χ4v) is 1.77. The molecule has 0 spiro atoms. The molecule has 0 aliphatic carbocycles. The minimum absolute atomic E-state index is 0.00248. The van der Waals surface area contributed by atoms with Gasteiger partial charge in [-0.2, -0.15) is 0 Å². The molecule has 0 atom stereocenters. The van der Waals surface area contributed by atoms with E-state index in [1.807, 2.05) is 0 Å². The van der Waals surface area contributed by atoms with Crippen LogP contribution in [-0.2, 0) is 9.59 Å². The van der Waals surface area contributed by atoms with Crippen LogP contribution in [0.5, 0.6) is 5.75 Å². The van der Waals surface area contributed by atoms with Gasteiger partial charge >= 0.3 is 5.97 Å². The molecule has 1 aliphatic heterocycles. The molecule has 0 saturated heterocycles. The third kappa shape index (κ3) is 3.07. The molecular formula is C14H13NO4. The maximum Gasteiger partial charge on any atom is 0.308 e. The van der Waals surface area contributed by atoms with Crippen molar-refractivity contribution in [2.24, 2.45) is 0 Å². The molecule has 98 valence electrons. The van der Waals surface area contributed by atoms with Crippen molar-refractivity contribution < 1.29 is 19.1 Å². The van der Waals surface area contributed by atoms with Gasteiger partial charge in [0.15, 0.2) is 5.78 Å². The normalized spacial score (nSPS) is 14.4. The van der Waals surface area contributed by atoms with Gasteiger partial charge in [-0.15, -0.1) is 0 Å². The molecule has 1 amide bonds. The average Bonchev–Trinajstić information content (AvgIpc) is 2.39. The van der Waals surface area contributed by atoms with E-state index < -0.39 is 5.97 Å². The van der Waals surface area contributed by atoms with Crippen LogP contribution in [0.25, 0.3) is 0 Å². The highest BCUT2D eigenvalue weighted by Gasteiger charge is 2.21. The summed E-state index contributed by atoms with van der Waals surface area (Å²) in [5.74, 6) is -0.548. The van der Waals surface area contributed by atoms with Crippen LogP contribution in [0.3, 0.4) is 0 Å². The summed E-state index contributed by atoms with van der Waals surface area (Å²) < 4.78 is 5.00. The smallest absolute Gasteiger partial charge is 0.308 e. The molecule has 5 nitrogen and oxygen atoms in total. The summed E-state index contributed by atoms with van der Waals surface area (Å²) in [6, 6.07) is 6.53. The fraction of sp³-hybridized carbons (Fsp3) is 0.214. The number of amides is 1. The van der Waals surface area contributed by atoms with Gasteiger partial charge in [-0.05, 0) is 18.2 Å². The molecule has 0 unspecified atom stereocenters. The predicted molar refractivity (Wildman–Crippen MR) is 67.6 cm³/mol. The maximum absolute atomic E-state index is 12.3. The van der Waals surface area contributed by atoms with Crippen molar-refractivity contribution in [2.75, 3.05) is 6.54 Å². The zero-order valence-electron chi connectivity index (χ0n) is 10.5. The van der Waals surface area contributed by atoms with Crippen molar-refractivity contribution in [1.29, 1.82) is 0 Å². The molecular weight excluding hydrogens is 246 g/mol. The summed E-state index contributed by atoms with van der Waals surface area (Å²) in [4.78, 5) is 35.8. The second-order valence-corrected chi connectivity index (χ2v) is 4.12. The first-order valence-corrected chi connectivity index (χ1v) is 5.87. The van der Waals surface area contributed by atoms with E-state index in [4.69, 9.17) is 4.74 Å². The zero-order chi connectivity index (χ0) is 13.8. The van der Waals surface area contributed by atoms with E-state index >= 15 is 0 Å². The summed E-state index contributed by atoms with van der Waals surface area (Å²) in [6.45, 7) is 1.61. The fourth-order valence-electron chi connectivity index (χ4n) is 1.77. The zero-order valence-corrected chi connectivity index (χ0v) is 10.5. The molecule has 0 bridgehead atoms. The number of ketones is 1. The summed E-state index contributed by atoms with van der Waals surface area (Å²) in [7, 11) is 0. The second-order valence-electron chi connectivity index (χ2n) is 4.12. The molecule has 0 radical (unpaired) electrons. The van der Waals surface area contributed by atoms with Crippen LogP contribution in [-0.4, -0.2) is 29.1 Å². The number of benzene rings is 1. The Bertz CT molecular complexity index is 562. The van der Waals surface area contributed by atoms with E-state index in [1.165, 1.54) is 24.1 Å². The monoisotopic (exact) mass is 259 g/mol. The van der Waals surface area contributed by atoms with Crippen molar-refractivity contribution >= 4 is 17.7 Å². The quantitative estimate of drug-likeness (QED) is 0.597. The first kappa shape index (κ1) is 13.0. The van der Waals surface area contributed by atoms with Gasteiger partial charge in [0.2, 0.25) is 0 Å². The number of hydrogen-bond acceptors (Lipinski definition) is 4.